The number of nitrogens with zero attached hydrogens (tertiary/aromatic N) is 1. The maximum absolute atomic E-state index is 13.7. The van der Waals surface area contributed by atoms with Crippen LogP contribution in [0.2, 0.25) is 13.3 Å². The molecule has 0 amide bonds. The van der Waals surface area contributed by atoms with E-state index in [1.807, 2.05) is 23.4 Å². The van der Waals surface area contributed by atoms with Gasteiger partial charge < -0.3 is 0 Å². The summed E-state index contributed by atoms with van der Waals surface area (Å²) < 4.78 is 34.5. The van der Waals surface area contributed by atoms with Crippen LogP contribution in [0.15, 0.2) is 38.9 Å². The molecule has 0 unspecified atom stereocenters. The van der Waals surface area contributed by atoms with Crippen molar-refractivity contribution in [2.45, 2.75) is 97.3 Å². The zero-order valence-corrected chi connectivity index (χ0v) is 22.7. The summed E-state index contributed by atoms with van der Waals surface area (Å²) in [5.41, 5.74) is 1.10. The number of hydrogen-bond donors (Lipinski definition) is 0. The first-order chi connectivity index (χ1) is 13.9. The van der Waals surface area contributed by atoms with Crippen LogP contribution in [0, 0.1) is 6.92 Å². The Morgan fingerprint density at radius 2 is 1.41 bits per heavy atom. The fourth-order valence-electron chi connectivity index (χ4n) is 4.57. The third-order valence-corrected chi connectivity index (χ3v) is 24.3. The monoisotopic (exact) mass is 527 g/mol. The number of sulfonamides is 1. The van der Waals surface area contributed by atoms with E-state index in [9.17, 15) is 8.42 Å². The second kappa shape index (κ2) is 11.8. The average molecular weight is 526 g/mol. The number of hydrogen-bond acceptors (Lipinski definition) is 2. The molecule has 1 aliphatic heterocycles. The molecule has 0 spiro atoms. The number of benzene rings is 1. The van der Waals surface area contributed by atoms with Crippen molar-refractivity contribution in [2.75, 3.05) is 6.54 Å². The molecule has 1 aliphatic rings. The van der Waals surface area contributed by atoms with Gasteiger partial charge in [0, 0.05) is 0 Å². The van der Waals surface area contributed by atoms with Gasteiger partial charge in [-0.15, -0.1) is 0 Å². The minimum atomic E-state index is -3.47. The van der Waals surface area contributed by atoms with Crippen molar-refractivity contribution >= 4 is 28.4 Å². The van der Waals surface area contributed by atoms with E-state index in [-0.39, 0.29) is 0 Å². The van der Waals surface area contributed by atoms with Crippen molar-refractivity contribution in [1.29, 1.82) is 0 Å². The molecule has 1 aromatic carbocycles. The van der Waals surface area contributed by atoms with E-state index in [2.05, 4.69) is 26.8 Å². The van der Waals surface area contributed by atoms with Gasteiger partial charge >= 0.3 is 185 Å². The van der Waals surface area contributed by atoms with Crippen LogP contribution < -0.4 is 0 Å². The van der Waals surface area contributed by atoms with Gasteiger partial charge in [-0.3, -0.25) is 0 Å². The first-order valence-corrected chi connectivity index (χ1v) is 20.6. The minimum absolute atomic E-state index is 0.456. The Morgan fingerprint density at radius 3 is 1.90 bits per heavy atom. The number of rotatable bonds is 12. The standard InChI is InChI=1S/C12H14NO2S.3C4H9.Sn/c1-11-5-7-12(8-6-11)16(14,15)13-9-3-2-4-10-13;3*1-3-4-2;/h3,5-8H,2,4,10H2,1H3;3*1,3-4H2,2H3;. The molecule has 0 aromatic heterocycles. The van der Waals surface area contributed by atoms with E-state index < -0.39 is 28.4 Å². The topological polar surface area (TPSA) is 37.4 Å². The van der Waals surface area contributed by atoms with Crippen LogP contribution in [0.3, 0.4) is 0 Å². The summed E-state index contributed by atoms with van der Waals surface area (Å²) in [5.74, 6) is 0. The van der Waals surface area contributed by atoms with E-state index in [1.165, 1.54) is 55.5 Å². The predicted molar refractivity (Wildman–Crippen MR) is 127 cm³/mol. The molecule has 0 bridgehead atoms. The van der Waals surface area contributed by atoms with Gasteiger partial charge in [-0.1, -0.05) is 0 Å². The van der Waals surface area contributed by atoms with Gasteiger partial charge in [-0.2, -0.15) is 0 Å². The van der Waals surface area contributed by atoms with Gasteiger partial charge in [-0.05, 0) is 0 Å². The molecule has 0 N–H and O–H groups in total. The van der Waals surface area contributed by atoms with E-state index in [4.69, 9.17) is 0 Å². The van der Waals surface area contributed by atoms with Gasteiger partial charge in [0.05, 0.1) is 0 Å². The summed E-state index contributed by atoms with van der Waals surface area (Å²) in [4.78, 5) is 0.456. The molecule has 0 fully saturated rings. The van der Waals surface area contributed by atoms with Gasteiger partial charge in [-0.25, -0.2) is 0 Å². The molecule has 1 aromatic rings. The Kier molecular flexibility index (Phi) is 10.1. The Labute approximate surface area is 183 Å². The van der Waals surface area contributed by atoms with Gasteiger partial charge in [0.1, 0.15) is 0 Å². The van der Waals surface area contributed by atoms with Gasteiger partial charge in [0.15, 0.2) is 0 Å². The molecule has 0 saturated heterocycles. The van der Waals surface area contributed by atoms with Crippen LogP contribution in [-0.4, -0.2) is 37.6 Å². The van der Waals surface area contributed by atoms with E-state index in [0.29, 0.717) is 11.4 Å². The van der Waals surface area contributed by atoms with E-state index in [0.717, 1.165) is 18.4 Å². The zero-order chi connectivity index (χ0) is 21.3. The molecule has 0 atom stereocenters. The van der Waals surface area contributed by atoms with Crippen molar-refractivity contribution in [3.63, 3.8) is 0 Å². The number of aryl methyl sites for hydroxylation is 1. The van der Waals surface area contributed by atoms with Crippen LogP contribution in [-0.2, 0) is 10.0 Å². The van der Waals surface area contributed by atoms with E-state index >= 15 is 0 Å². The summed E-state index contributed by atoms with van der Waals surface area (Å²) in [6.45, 7) is 9.47. The van der Waals surface area contributed by atoms with Crippen LogP contribution in [0.1, 0.15) is 77.7 Å². The second-order valence-electron chi connectivity index (χ2n) is 8.71. The van der Waals surface area contributed by atoms with Crippen molar-refractivity contribution in [3.05, 3.63) is 39.6 Å². The molecule has 164 valence electrons. The first kappa shape index (κ1) is 24.8. The van der Waals surface area contributed by atoms with Crippen molar-refractivity contribution in [2.24, 2.45) is 0 Å². The molecule has 0 aliphatic carbocycles. The van der Waals surface area contributed by atoms with E-state index in [1.54, 1.807) is 12.1 Å². The molecule has 29 heavy (non-hydrogen) atoms. The van der Waals surface area contributed by atoms with Gasteiger partial charge in [0.25, 0.3) is 0 Å². The number of allylic oxidation sites excluding steroid dienone is 1. The molecule has 2 rings (SSSR count). The van der Waals surface area contributed by atoms with Crippen molar-refractivity contribution < 1.29 is 8.42 Å². The Balaban J connectivity index is 2.49. The fourth-order valence-corrected chi connectivity index (χ4v) is 25.0. The molecule has 1 heterocycles. The Morgan fingerprint density at radius 1 is 0.897 bits per heavy atom. The summed E-state index contributed by atoms with van der Waals surface area (Å²) in [7, 11) is -3.47. The SMILES string of the molecule is CCC[CH2][Sn]([CH2]CCC)([CH2]CCC)[C]1=CCCCN1S(=O)(=O)c1ccc(C)cc1. The predicted octanol–water partition coefficient (Wildman–Crippen LogP) is 7.05. The van der Waals surface area contributed by atoms with Crippen molar-refractivity contribution in [1.82, 2.24) is 4.31 Å². The van der Waals surface area contributed by atoms with Crippen LogP contribution >= 0.6 is 0 Å². The maximum atomic E-state index is 13.7. The summed E-state index contributed by atoms with van der Waals surface area (Å²) in [6.07, 6.45) is 11.7. The first-order valence-electron chi connectivity index (χ1n) is 11.7. The van der Waals surface area contributed by atoms with Crippen LogP contribution in [0.5, 0.6) is 0 Å². The summed E-state index contributed by atoms with van der Waals surface area (Å²) in [6, 6.07) is 7.42. The van der Waals surface area contributed by atoms with Gasteiger partial charge in [0.2, 0.25) is 0 Å². The van der Waals surface area contributed by atoms with Crippen LogP contribution in [0.25, 0.3) is 0 Å². The summed E-state index contributed by atoms with van der Waals surface area (Å²) >= 11 is -2.81. The zero-order valence-electron chi connectivity index (χ0n) is 19.0. The quantitative estimate of drug-likeness (QED) is 0.274. The number of unbranched alkanes of at least 4 members (excludes halogenated alkanes) is 3. The fraction of sp³-hybridized carbons (Fsp3) is 0.667. The molecule has 5 heteroatoms. The normalized spacial score (nSPS) is 15.4. The molecular weight excluding hydrogens is 485 g/mol. The molecule has 0 saturated carbocycles. The Hall–Kier alpha value is -0.491. The van der Waals surface area contributed by atoms with Crippen molar-refractivity contribution in [3.8, 4) is 0 Å². The molecular formula is C24H41NO2SSn. The molecule has 3 nitrogen and oxygen atoms in total. The average Bonchev–Trinajstić information content (AvgIpc) is 2.74. The third-order valence-electron chi connectivity index (χ3n) is 6.35. The Bertz CT molecular complexity index is 734. The van der Waals surface area contributed by atoms with Crippen LogP contribution in [0.4, 0.5) is 0 Å². The second-order valence-corrected chi connectivity index (χ2v) is 23.6. The summed E-state index contributed by atoms with van der Waals surface area (Å²) in [5, 5.41) is 0. The third kappa shape index (κ3) is 6.25. The molecule has 0 radical (unpaired) electrons.